The second kappa shape index (κ2) is 4.40. The third-order valence-corrected chi connectivity index (χ3v) is 2.81. The van der Waals surface area contributed by atoms with E-state index in [9.17, 15) is 4.79 Å². The molecule has 0 fully saturated rings. The fourth-order valence-electron chi connectivity index (χ4n) is 1.87. The summed E-state index contributed by atoms with van der Waals surface area (Å²) < 4.78 is 1.96. The van der Waals surface area contributed by atoms with Gasteiger partial charge in [0.2, 0.25) is 0 Å². The number of ketones is 1. The predicted octanol–water partition coefficient (Wildman–Crippen LogP) is 3.14. The smallest absolute Gasteiger partial charge is 0.163 e. The first kappa shape index (κ1) is 12.9. The van der Waals surface area contributed by atoms with Crippen LogP contribution in [0.2, 0.25) is 0 Å². The number of nitrogens with zero attached hydrogens (tertiary/aromatic N) is 2. The maximum absolute atomic E-state index is 11.4. The number of Topliss-reactive ketones (excluding diaryl/α,β-unsaturated/α-hetero) is 1. The molecule has 0 radical (unpaired) electrons. The Morgan fingerprint density at radius 1 is 1.31 bits per heavy atom. The van der Waals surface area contributed by atoms with Gasteiger partial charge in [-0.25, -0.2) is 0 Å². The largest absolute Gasteiger partial charge is 0.294 e. The van der Waals surface area contributed by atoms with Gasteiger partial charge in [-0.1, -0.05) is 20.8 Å². The van der Waals surface area contributed by atoms with Crippen LogP contribution in [0.25, 0.3) is 0 Å². The molecule has 0 aliphatic carbocycles. The lowest BCUT2D eigenvalue weighted by atomic mass is 9.92. The average molecular weight is 222 g/mol. The van der Waals surface area contributed by atoms with E-state index in [2.05, 4.69) is 25.9 Å². The Morgan fingerprint density at radius 3 is 2.25 bits per heavy atom. The Labute approximate surface area is 97.8 Å². The zero-order valence-corrected chi connectivity index (χ0v) is 11.2. The quantitative estimate of drug-likeness (QED) is 0.736. The summed E-state index contributed by atoms with van der Waals surface area (Å²) in [6, 6.07) is 0. The molecular weight excluding hydrogens is 200 g/mol. The fraction of sp³-hybridized carbons (Fsp3) is 0.692. The molecule has 90 valence electrons. The van der Waals surface area contributed by atoms with E-state index in [1.165, 1.54) is 0 Å². The summed E-state index contributed by atoms with van der Waals surface area (Å²) in [4.78, 5) is 11.4. The molecule has 0 N–H and O–H groups in total. The molecule has 3 heteroatoms. The molecule has 0 amide bonds. The summed E-state index contributed by atoms with van der Waals surface area (Å²) >= 11 is 0. The number of hydrogen-bond acceptors (Lipinski definition) is 2. The normalized spacial score (nSPS) is 11.9. The third kappa shape index (κ3) is 2.94. The first-order chi connectivity index (χ1) is 7.22. The molecule has 0 bridgehead atoms. The molecule has 0 atom stereocenters. The molecule has 0 aromatic carbocycles. The van der Waals surface area contributed by atoms with Crippen LogP contribution in [-0.4, -0.2) is 15.6 Å². The van der Waals surface area contributed by atoms with Crippen molar-refractivity contribution in [1.82, 2.24) is 9.78 Å². The Hall–Kier alpha value is -1.12. The monoisotopic (exact) mass is 222 g/mol. The van der Waals surface area contributed by atoms with Gasteiger partial charge >= 0.3 is 0 Å². The van der Waals surface area contributed by atoms with Gasteiger partial charge in [-0.15, -0.1) is 0 Å². The number of carbonyl (C=O) groups is 1. The van der Waals surface area contributed by atoms with Gasteiger partial charge in [0, 0.05) is 12.2 Å². The van der Waals surface area contributed by atoms with Crippen molar-refractivity contribution < 1.29 is 4.79 Å². The molecule has 0 aliphatic heterocycles. The molecule has 0 saturated heterocycles. The van der Waals surface area contributed by atoms with Crippen molar-refractivity contribution in [3.63, 3.8) is 0 Å². The molecule has 3 nitrogen and oxygen atoms in total. The SMILES string of the molecule is CC(=O)c1c(C)nn(CCC(C)(C)C)c1C. The van der Waals surface area contributed by atoms with Crippen LogP contribution in [0.15, 0.2) is 0 Å². The van der Waals surface area contributed by atoms with Crippen molar-refractivity contribution in [2.75, 3.05) is 0 Å². The Kier molecular flexibility index (Phi) is 3.56. The van der Waals surface area contributed by atoms with Crippen molar-refractivity contribution in [3.8, 4) is 0 Å². The van der Waals surface area contributed by atoms with Gasteiger partial charge in [0.15, 0.2) is 5.78 Å². The van der Waals surface area contributed by atoms with E-state index in [1.807, 2.05) is 18.5 Å². The van der Waals surface area contributed by atoms with E-state index in [1.54, 1.807) is 6.92 Å². The van der Waals surface area contributed by atoms with Gasteiger partial charge in [-0.3, -0.25) is 9.48 Å². The minimum atomic E-state index is 0.108. The van der Waals surface area contributed by atoms with Crippen molar-refractivity contribution >= 4 is 5.78 Å². The molecule has 1 aromatic rings. The minimum absolute atomic E-state index is 0.108. The topological polar surface area (TPSA) is 34.9 Å². The first-order valence-electron chi connectivity index (χ1n) is 5.77. The lowest BCUT2D eigenvalue weighted by Gasteiger charge is -2.18. The van der Waals surface area contributed by atoms with Crippen molar-refractivity contribution in [3.05, 3.63) is 17.0 Å². The van der Waals surface area contributed by atoms with Crippen LogP contribution in [0.3, 0.4) is 0 Å². The van der Waals surface area contributed by atoms with Crippen LogP contribution in [-0.2, 0) is 6.54 Å². The van der Waals surface area contributed by atoms with E-state index in [0.717, 1.165) is 29.9 Å². The predicted molar refractivity (Wildman–Crippen MR) is 65.8 cm³/mol. The van der Waals surface area contributed by atoms with Crippen molar-refractivity contribution in [1.29, 1.82) is 0 Å². The summed E-state index contributed by atoms with van der Waals surface area (Å²) in [5.74, 6) is 0.108. The average Bonchev–Trinajstić information content (AvgIpc) is 2.36. The van der Waals surface area contributed by atoms with E-state index >= 15 is 0 Å². The molecule has 16 heavy (non-hydrogen) atoms. The van der Waals surface area contributed by atoms with Crippen LogP contribution in [0.1, 0.15) is 55.9 Å². The zero-order chi connectivity index (χ0) is 12.5. The Balaban J connectivity index is 2.91. The second-order valence-electron chi connectivity index (χ2n) is 5.64. The fourth-order valence-corrected chi connectivity index (χ4v) is 1.87. The van der Waals surface area contributed by atoms with Crippen LogP contribution in [0.4, 0.5) is 0 Å². The van der Waals surface area contributed by atoms with Crippen LogP contribution in [0.5, 0.6) is 0 Å². The van der Waals surface area contributed by atoms with Crippen LogP contribution < -0.4 is 0 Å². The Bertz CT molecular complexity index is 397. The summed E-state index contributed by atoms with van der Waals surface area (Å²) in [6.45, 7) is 13.0. The molecule has 0 spiro atoms. The molecule has 1 rings (SSSR count). The standard InChI is InChI=1S/C13H22N2O/c1-9-12(11(3)16)10(2)15(14-9)8-7-13(4,5)6/h7-8H2,1-6H3. The molecule has 0 saturated carbocycles. The highest BCUT2D eigenvalue weighted by Gasteiger charge is 2.17. The van der Waals surface area contributed by atoms with Crippen LogP contribution in [0, 0.1) is 19.3 Å². The molecule has 1 heterocycles. The Morgan fingerprint density at radius 2 is 1.88 bits per heavy atom. The zero-order valence-electron chi connectivity index (χ0n) is 11.2. The maximum atomic E-state index is 11.4. The maximum Gasteiger partial charge on any atom is 0.163 e. The van der Waals surface area contributed by atoms with Gasteiger partial charge in [0.05, 0.1) is 11.3 Å². The summed E-state index contributed by atoms with van der Waals surface area (Å²) in [5.41, 5.74) is 2.92. The number of aromatic nitrogens is 2. The highest BCUT2D eigenvalue weighted by Crippen LogP contribution is 2.21. The summed E-state index contributed by atoms with van der Waals surface area (Å²) in [5, 5.41) is 4.43. The summed E-state index contributed by atoms with van der Waals surface area (Å²) in [6.07, 6.45) is 1.06. The van der Waals surface area contributed by atoms with Gasteiger partial charge in [-0.05, 0) is 32.6 Å². The molecule has 0 unspecified atom stereocenters. The lowest BCUT2D eigenvalue weighted by molar-refractivity contribution is 0.101. The third-order valence-electron chi connectivity index (χ3n) is 2.81. The highest BCUT2D eigenvalue weighted by atomic mass is 16.1. The molecule has 1 aromatic heterocycles. The highest BCUT2D eigenvalue weighted by molar-refractivity contribution is 5.96. The van der Waals surface area contributed by atoms with Gasteiger partial charge in [0.1, 0.15) is 0 Å². The number of rotatable bonds is 3. The molecular formula is C13H22N2O. The van der Waals surface area contributed by atoms with Gasteiger partial charge < -0.3 is 0 Å². The first-order valence-corrected chi connectivity index (χ1v) is 5.77. The minimum Gasteiger partial charge on any atom is -0.294 e. The van der Waals surface area contributed by atoms with E-state index in [4.69, 9.17) is 0 Å². The number of carbonyl (C=O) groups excluding carboxylic acids is 1. The number of hydrogen-bond donors (Lipinski definition) is 0. The van der Waals surface area contributed by atoms with E-state index in [0.29, 0.717) is 5.41 Å². The lowest BCUT2D eigenvalue weighted by Crippen LogP contribution is -2.12. The number of aryl methyl sites for hydroxylation is 2. The van der Waals surface area contributed by atoms with Gasteiger partial charge in [0.25, 0.3) is 0 Å². The summed E-state index contributed by atoms with van der Waals surface area (Å²) in [7, 11) is 0. The van der Waals surface area contributed by atoms with E-state index < -0.39 is 0 Å². The van der Waals surface area contributed by atoms with Crippen molar-refractivity contribution in [2.24, 2.45) is 5.41 Å². The molecule has 0 aliphatic rings. The van der Waals surface area contributed by atoms with Gasteiger partial charge in [-0.2, -0.15) is 5.10 Å². The van der Waals surface area contributed by atoms with Crippen molar-refractivity contribution in [2.45, 2.75) is 54.5 Å². The second-order valence-corrected chi connectivity index (χ2v) is 5.64. The van der Waals surface area contributed by atoms with Crippen LogP contribution >= 0.6 is 0 Å². The van der Waals surface area contributed by atoms with E-state index in [-0.39, 0.29) is 5.78 Å².